The molecular weight excluding hydrogens is 374 g/mol. The molecule has 0 atom stereocenters. The number of benzene rings is 2. The zero-order valence-electron chi connectivity index (χ0n) is 17.4. The van der Waals surface area contributed by atoms with Gasteiger partial charge in [-0.05, 0) is 72.9 Å². The minimum Gasteiger partial charge on any atom is -0.355 e. The molecule has 2 aliphatic rings. The predicted octanol–water partition coefficient (Wildman–Crippen LogP) is 4.21. The monoisotopic (exact) mass is 401 g/mol. The first kappa shape index (κ1) is 20.2. The third kappa shape index (κ3) is 3.95. The molecule has 0 aromatic heterocycles. The molecule has 1 aliphatic carbocycles. The number of likely N-dealkylation sites (tertiary alicyclic amines) is 1. The summed E-state index contributed by atoms with van der Waals surface area (Å²) in [6.07, 6.45) is 5.23. The van der Waals surface area contributed by atoms with Gasteiger partial charge >= 0.3 is 0 Å². The van der Waals surface area contributed by atoms with Gasteiger partial charge in [-0.3, -0.25) is 9.59 Å². The average molecular weight is 402 g/mol. The lowest BCUT2D eigenvalue weighted by atomic mass is 9.77. The summed E-state index contributed by atoms with van der Waals surface area (Å²) >= 11 is 0. The zero-order valence-corrected chi connectivity index (χ0v) is 17.4. The first-order valence-corrected chi connectivity index (χ1v) is 10.8. The lowest BCUT2D eigenvalue weighted by Crippen LogP contribution is -2.38. The van der Waals surface area contributed by atoms with Crippen molar-refractivity contribution in [3.8, 4) is 6.07 Å². The van der Waals surface area contributed by atoms with E-state index in [-0.39, 0.29) is 11.8 Å². The topological polar surface area (TPSA) is 73.2 Å². The van der Waals surface area contributed by atoms with Crippen molar-refractivity contribution in [1.82, 2.24) is 10.2 Å². The molecule has 4 rings (SSSR count). The molecule has 2 aromatic rings. The Kier molecular flexibility index (Phi) is 5.85. The van der Waals surface area contributed by atoms with E-state index in [9.17, 15) is 9.59 Å². The predicted molar refractivity (Wildman–Crippen MR) is 115 cm³/mol. The quantitative estimate of drug-likeness (QED) is 0.834. The van der Waals surface area contributed by atoms with Gasteiger partial charge in [-0.15, -0.1) is 0 Å². The summed E-state index contributed by atoms with van der Waals surface area (Å²) in [6, 6.07) is 15.6. The smallest absolute Gasteiger partial charge is 0.253 e. The third-order valence-electron chi connectivity index (χ3n) is 6.61. The number of amides is 2. The lowest BCUT2D eigenvalue weighted by molar-refractivity contribution is 0.0713. The van der Waals surface area contributed by atoms with Gasteiger partial charge in [0.05, 0.1) is 11.6 Å². The van der Waals surface area contributed by atoms with Crippen LogP contribution < -0.4 is 5.32 Å². The molecule has 154 valence electrons. The van der Waals surface area contributed by atoms with Crippen LogP contribution in [-0.2, 0) is 0 Å². The van der Waals surface area contributed by atoms with Crippen molar-refractivity contribution < 1.29 is 9.59 Å². The number of hydrogen-bond donors (Lipinski definition) is 1. The number of nitrogens with one attached hydrogen (secondary N) is 1. The Morgan fingerprint density at radius 2 is 1.70 bits per heavy atom. The minimum absolute atomic E-state index is 0.00130. The van der Waals surface area contributed by atoms with E-state index in [1.54, 1.807) is 13.1 Å². The van der Waals surface area contributed by atoms with Crippen molar-refractivity contribution in [2.45, 2.75) is 43.9 Å². The molecule has 0 spiro atoms. The van der Waals surface area contributed by atoms with Gasteiger partial charge in [-0.1, -0.05) is 24.6 Å². The second-order valence-electron chi connectivity index (χ2n) is 8.31. The largest absolute Gasteiger partial charge is 0.355 e. The fourth-order valence-corrected chi connectivity index (χ4v) is 4.52. The van der Waals surface area contributed by atoms with Crippen LogP contribution in [-0.4, -0.2) is 36.9 Å². The molecule has 5 nitrogen and oxygen atoms in total. The maximum Gasteiger partial charge on any atom is 0.253 e. The fraction of sp³-hybridized carbons (Fsp3) is 0.400. The van der Waals surface area contributed by atoms with Crippen molar-refractivity contribution in [3.05, 3.63) is 70.3 Å². The second-order valence-corrected chi connectivity index (χ2v) is 8.31. The highest BCUT2D eigenvalue weighted by molar-refractivity contribution is 6.00. The minimum atomic E-state index is -0.119. The molecule has 2 aromatic carbocycles. The number of piperidine rings is 1. The number of carbonyl (C=O) groups excluding carboxylic acids is 2. The van der Waals surface area contributed by atoms with Crippen molar-refractivity contribution in [3.63, 3.8) is 0 Å². The fourth-order valence-electron chi connectivity index (χ4n) is 4.52. The van der Waals surface area contributed by atoms with Crippen LogP contribution >= 0.6 is 0 Å². The molecular formula is C25H27N3O2. The van der Waals surface area contributed by atoms with Gasteiger partial charge in [0.25, 0.3) is 11.8 Å². The molecule has 1 saturated heterocycles. The molecule has 1 N–H and O–H groups in total. The van der Waals surface area contributed by atoms with E-state index in [2.05, 4.69) is 11.4 Å². The molecule has 0 unspecified atom stereocenters. The summed E-state index contributed by atoms with van der Waals surface area (Å²) in [7, 11) is 1.63. The highest BCUT2D eigenvalue weighted by atomic mass is 16.2. The molecule has 1 aliphatic heterocycles. The third-order valence-corrected chi connectivity index (χ3v) is 6.61. The Balaban J connectivity index is 1.46. The zero-order chi connectivity index (χ0) is 21.1. The van der Waals surface area contributed by atoms with Gasteiger partial charge in [0.2, 0.25) is 0 Å². The van der Waals surface area contributed by atoms with E-state index in [0.29, 0.717) is 41.6 Å². The average Bonchev–Trinajstić information content (AvgIpc) is 2.77. The number of hydrogen-bond acceptors (Lipinski definition) is 3. The van der Waals surface area contributed by atoms with E-state index in [4.69, 9.17) is 5.26 Å². The summed E-state index contributed by atoms with van der Waals surface area (Å²) in [5.74, 6) is 0.721. The lowest BCUT2D eigenvalue weighted by Gasteiger charge is -2.33. The summed E-state index contributed by atoms with van der Waals surface area (Å²) in [4.78, 5) is 27.4. The highest BCUT2D eigenvalue weighted by Gasteiger charge is 2.28. The van der Waals surface area contributed by atoms with Crippen LogP contribution in [0.2, 0.25) is 0 Å². The number of nitrogens with zero attached hydrogens (tertiary/aromatic N) is 2. The maximum absolute atomic E-state index is 13.1. The van der Waals surface area contributed by atoms with Crippen LogP contribution in [0.4, 0.5) is 0 Å². The Labute approximate surface area is 177 Å². The van der Waals surface area contributed by atoms with Crippen LogP contribution in [0.3, 0.4) is 0 Å². The molecule has 2 amide bonds. The second kappa shape index (κ2) is 8.71. The van der Waals surface area contributed by atoms with Crippen LogP contribution in [0, 0.1) is 11.3 Å². The number of carbonyl (C=O) groups is 2. The van der Waals surface area contributed by atoms with Gasteiger partial charge in [-0.2, -0.15) is 5.26 Å². The van der Waals surface area contributed by atoms with E-state index >= 15 is 0 Å². The highest BCUT2D eigenvalue weighted by Crippen LogP contribution is 2.38. The van der Waals surface area contributed by atoms with Gasteiger partial charge in [0.1, 0.15) is 0 Å². The van der Waals surface area contributed by atoms with Gasteiger partial charge in [-0.25, -0.2) is 0 Å². The Hall–Kier alpha value is -3.13. The first-order valence-electron chi connectivity index (χ1n) is 10.8. The molecule has 5 heteroatoms. The normalized spacial score (nSPS) is 17.1. The van der Waals surface area contributed by atoms with Crippen molar-refractivity contribution in [1.29, 1.82) is 5.26 Å². The molecule has 0 bridgehead atoms. The number of nitriles is 1. The van der Waals surface area contributed by atoms with Crippen molar-refractivity contribution in [2.24, 2.45) is 0 Å². The van der Waals surface area contributed by atoms with Crippen molar-refractivity contribution >= 4 is 11.8 Å². The summed E-state index contributed by atoms with van der Waals surface area (Å²) < 4.78 is 0. The first-order chi connectivity index (χ1) is 14.6. The molecule has 1 saturated carbocycles. The van der Waals surface area contributed by atoms with E-state index in [1.165, 1.54) is 12.0 Å². The van der Waals surface area contributed by atoms with Crippen LogP contribution in [0.15, 0.2) is 42.5 Å². The van der Waals surface area contributed by atoms with Gasteiger partial charge in [0, 0.05) is 31.3 Å². The Morgan fingerprint density at radius 1 is 1.00 bits per heavy atom. The van der Waals surface area contributed by atoms with Crippen LogP contribution in [0.5, 0.6) is 0 Å². The van der Waals surface area contributed by atoms with E-state index < -0.39 is 0 Å². The molecule has 0 radical (unpaired) electrons. The Bertz CT molecular complexity index is 978. The summed E-state index contributed by atoms with van der Waals surface area (Å²) in [5.41, 5.74) is 4.20. The van der Waals surface area contributed by atoms with Crippen molar-refractivity contribution in [2.75, 3.05) is 20.1 Å². The standard InChI is InChI=1S/C25H27N3O2/c1-27-24(29)23-15-21(9-10-22(23)20-3-2-4-20)25(30)28-13-11-19(12-14-28)18-7-5-17(16-26)6-8-18/h5-10,15,19-20H,2-4,11-14H2,1H3,(H,27,29). The molecule has 1 heterocycles. The summed E-state index contributed by atoms with van der Waals surface area (Å²) in [5, 5.41) is 11.7. The SMILES string of the molecule is CNC(=O)c1cc(C(=O)N2CCC(c3ccc(C#N)cc3)CC2)ccc1C1CCC1. The molecule has 2 fully saturated rings. The Morgan fingerprint density at radius 3 is 2.27 bits per heavy atom. The van der Waals surface area contributed by atoms with E-state index in [1.807, 2.05) is 41.3 Å². The maximum atomic E-state index is 13.1. The van der Waals surface area contributed by atoms with E-state index in [0.717, 1.165) is 31.2 Å². The molecule has 30 heavy (non-hydrogen) atoms. The van der Waals surface area contributed by atoms with Gasteiger partial charge in [0.15, 0.2) is 0 Å². The number of rotatable bonds is 4. The van der Waals surface area contributed by atoms with Gasteiger partial charge < -0.3 is 10.2 Å². The van der Waals surface area contributed by atoms with Crippen LogP contribution in [0.25, 0.3) is 0 Å². The summed E-state index contributed by atoms with van der Waals surface area (Å²) in [6.45, 7) is 1.40. The van der Waals surface area contributed by atoms with Crippen LogP contribution in [0.1, 0.15) is 81.3 Å².